The van der Waals surface area contributed by atoms with Gasteiger partial charge in [0.25, 0.3) is 0 Å². The summed E-state index contributed by atoms with van der Waals surface area (Å²) in [6, 6.07) is 0.503. The molecule has 0 radical (unpaired) electrons. The lowest BCUT2D eigenvalue weighted by Gasteiger charge is -2.28. The highest BCUT2D eigenvalue weighted by Gasteiger charge is 2.39. The summed E-state index contributed by atoms with van der Waals surface area (Å²) >= 11 is 1.81. The summed E-state index contributed by atoms with van der Waals surface area (Å²) in [7, 11) is 1.71. The molecule has 1 saturated carbocycles. The molecule has 106 valence electrons. The second-order valence-corrected chi connectivity index (χ2v) is 6.05. The standard InChI is InChI=1S/C13H25NO3S/c1-4-17-12(15)13(2,14-11-5-6-11)7-9-18-10-8-16-3/h11,14H,4-10H2,1-3H3. The Balaban J connectivity index is 2.35. The smallest absolute Gasteiger partial charge is 0.326 e. The predicted octanol–water partition coefficient (Wildman–Crippen LogP) is 1.83. The van der Waals surface area contributed by atoms with Gasteiger partial charge in [-0.1, -0.05) is 0 Å². The van der Waals surface area contributed by atoms with Crippen LogP contribution in [0.5, 0.6) is 0 Å². The molecule has 0 amide bonds. The van der Waals surface area contributed by atoms with E-state index in [4.69, 9.17) is 9.47 Å². The molecule has 1 atom stereocenters. The third-order valence-electron chi connectivity index (χ3n) is 3.00. The maximum atomic E-state index is 12.0. The van der Waals surface area contributed by atoms with Gasteiger partial charge in [-0.05, 0) is 38.9 Å². The molecule has 0 aromatic rings. The van der Waals surface area contributed by atoms with Crippen molar-refractivity contribution in [3.05, 3.63) is 0 Å². The van der Waals surface area contributed by atoms with Gasteiger partial charge < -0.3 is 9.47 Å². The number of hydrogen-bond acceptors (Lipinski definition) is 5. The van der Waals surface area contributed by atoms with E-state index in [1.165, 1.54) is 12.8 Å². The molecule has 1 N–H and O–H groups in total. The molecule has 18 heavy (non-hydrogen) atoms. The number of ether oxygens (including phenoxy) is 2. The van der Waals surface area contributed by atoms with Crippen molar-refractivity contribution in [1.29, 1.82) is 0 Å². The molecule has 1 unspecified atom stereocenters. The summed E-state index contributed by atoms with van der Waals surface area (Å²) < 4.78 is 10.2. The molecule has 5 heteroatoms. The Hall–Kier alpha value is -0.260. The highest BCUT2D eigenvalue weighted by atomic mass is 32.2. The molecule has 1 aliphatic carbocycles. The number of carbonyl (C=O) groups excluding carboxylic acids is 1. The van der Waals surface area contributed by atoms with Crippen molar-refractivity contribution in [2.45, 2.75) is 44.7 Å². The monoisotopic (exact) mass is 275 g/mol. The van der Waals surface area contributed by atoms with Crippen LogP contribution in [0.25, 0.3) is 0 Å². The summed E-state index contributed by atoms with van der Waals surface area (Å²) in [6.07, 6.45) is 3.15. The van der Waals surface area contributed by atoms with Crippen molar-refractivity contribution in [1.82, 2.24) is 5.32 Å². The van der Waals surface area contributed by atoms with Crippen LogP contribution in [0.1, 0.15) is 33.1 Å². The predicted molar refractivity (Wildman–Crippen MR) is 75.0 cm³/mol. The molecular formula is C13H25NO3S. The van der Waals surface area contributed by atoms with Crippen LogP contribution in [0.15, 0.2) is 0 Å². The molecule has 0 bridgehead atoms. The zero-order valence-electron chi connectivity index (χ0n) is 11.7. The van der Waals surface area contributed by atoms with Crippen LogP contribution in [-0.2, 0) is 14.3 Å². The first-order valence-electron chi connectivity index (χ1n) is 6.64. The van der Waals surface area contributed by atoms with Crippen LogP contribution in [-0.4, -0.2) is 49.4 Å². The molecule has 4 nitrogen and oxygen atoms in total. The van der Waals surface area contributed by atoms with Gasteiger partial charge in [0, 0.05) is 18.9 Å². The van der Waals surface area contributed by atoms with Gasteiger partial charge in [-0.3, -0.25) is 10.1 Å². The van der Waals surface area contributed by atoms with Gasteiger partial charge in [-0.25, -0.2) is 0 Å². The minimum Gasteiger partial charge on any atom is -0.465 e. The van der Waals surface area contributed by atoms with E-state index in [2.05, 4.69) is 5.32 Å². The first kappa shape index (κ1) is 15.8. The first-order valence-corrected chi connectivity index (χ1v) is 7.79. The van der Waals surface area contributed by atoms with Crippen LogP contribution in [0.4, 0.5) is 0 Å². The Morgan fingerprint density at radius 2 is 2.17 bits per heavy atom. The minimum absolute atomic E-state index is 0.121. The van der Waals surface area contributed by atoms with Crippen LogP contribution in [0, 0.1) is 0 Å². The van der Waals surface area contributed by atoms with Crippen LogP contribution >= 0.6 is 11.8 Å². The minimum atomic E-state index is -0.531. The van der Waals surface area contributed by atoms with Crippen molar-refractivity contribution in [2.24, 2.45) is 0 Å². The molecule has 0 saturated heterocycles. The SMILES string of the molecule is CCOC(=O)C(C)(CCSCCOC)NC1CC1. The van der Waals surface area contributed by atoms with Crippen molar-refractivity contribution in [3.63, 3.8) is 0 Å². The van der Waals surface area contributed by atoms with E-state index in [0.29, 0.717) is 12.6 Å². The lowest BCUT2D eigenvalue weighted by Crippen LogP contribution is -2.52. The summed E-state index contributed by atoms with van der Waals surface area (Å²) in [6.45, 7) is 5.01. The van der Waals surface area contributed by atoms with Crippen LogP contribution in [0.3, 0.4) is 0 Å². The molecule has 1 fully saturated rings. The summed E-state index contributed by atoms with van der Waals surface area (Å²) in [5, 5.41) is 3.42. The van der Waals surface area contributed by atoms with Gasteiger partial charge in [-0.2, -0.15) is 11.8 Å². The van der Waals surface area contributed by atoms with E-state index in [9.17, 15) is 4.79 Å². The van der Waals surface area contributed by atoms with E-state index < -0.39 is 5.54 Å². The Labute approximate surface area is 114 Å². The summed E-state index contributed by atoms with van der Waals surface area (Å²) in [5.41, 5.74) is -0.531. The molecule has 0 aliphatic heterocycles. The number of carbonyl (C=O) groups is 1. The molecule has 1 rings (SSSR count). The largest absolute Gasteiger partial charge is 0.465 e. The lowest BCUT2D eigenvalue weighted by molar-refractivity contribution is -0.150. The van der Waals surface area contributed by atoms with Crippen LogP contribution < -0.4 is 5.32 Å². The topological polar surface area (TPSA) is 47.6 Å². The van der Waals surface area contributed by atoms with Crippen molar-refractivity contribution in [2.75, 3.05) is 31.8 Å². The second kappa shape index (κ2) is 8.02. The van der Waals surface area contributed by atoms with Crippen molar-refractivity contribution < 1.29 is 14.3 Å². The Kier molecular flexibility index (Phi) is 7.04. The summed E-state index contributed by atoms with van der Waals surface area (Å²) in [4.78, 5) is 12.0. The zero-order valence-corrected chi connectivity index (χ0v) is 12.5. The number of hydrogen-bond donors (Lipinski definition) is 1. The van der Waals surface area contributed by atoms with Crippen molar-refractivity contribution >= 4 is 17.7 Å². The number of nitrogens with one attached hydrogen (secondary N) is 1. The molecule has 0 aromatic carbocycles. The number of methoxy groups -OCH3 is 1. The number of thioether (sulfide) groups is 1. The second-order valence-electron chi connectivity index (χ2n) is 4.83. The average molecular weight is 275 g/mol. The summed E-state index contributed by atoms with van der Waals surface area (Å²) in [5.74, 6) is 1.79. The quantitative estimate of drug-likeness (QED) is 0.487. The third kappa shape index (κ3) is 5.59. The average Bonchev–Trinajstić information content (AvgIpc) is 3.13. The van der Waals surface area contributed by atoms with Gasteiger partial charge in [0.2, 0.25) is 0 Å². The number of rotatable bonds is 10. The normalized spacial score (nSPS) is 18.4. The zero-order chi connectivity index (χ0) is 13.4. The highest BCUT2D eigenvalue weighted by molar-refractivity contribution is 7.99. The maximum absolute atomic E-state index is 12.0. The van der Waals surface area contributed by atoms with Crippen LogP contribution in [0.2, 0.25) is 0 Å². The van der Waals surface area contributed by atoms with E-state index >= 15 is 0 Å². The van der Waals surface area contributed by atoms with E-state index in [1.807, 2.05) is 25.6 Å². The fourth-order valence-corrected chi connectivity index (χ4v) is 2.76. The molecule has 1 aliphatic rings. The Bertz CT molecular complexity index is 259. The lowest BCUT2D eigenvalue weighted by atomic mass is 9.99. The molecule has 0 spiro atoms. The molecule has 0 aromatic heterocycles. The van der Waals surface area contributed by atoms with Gasteiger partial charge in [0.1, 0.15) is 5.54 Å². The fourth-order valence-electron chi connectivity index (χ4n) is 1.72. The first-order chi connectivity index (χ1) is 8.62. The Morgan fingerprint density at radius 1 is 1.44 bits per heavy atom. The Morgan fingerprint density at radius 3 is 2.72 bits per heavy atom. The fraction of sp³-hybridized carbons (Fsp3) is 0.923. The van der Waals surface area contributed by atoms with Crippen molar-refractivity contribution in [3.8, 4) is 0 Å². The van der Waals surface area contributed by atoms with Gasteiger partial charge in [0.05, 0.1) is 13.2 Å². The maximum Gasteiger partial charge on any atom is 0.326 e. The van der Waals surface area contributed by atoms with E-state index in [1.54, 1.807) is 7.11 Å². The van der Waals surface area contributed by atoms with Gasteiger partial charge in [-0.15, -0.1) is 0 Å². The third-order valence-corrected chi connectivity index (χ3v) is 3.95. The van der Waals surface area contributed by atoms with Gasteiger partial charge >= 0.3 is 5.97 Å². The molecule has 0 heterocycles. The highest BCUT2D eigenvalue weighted by Crippen LogP contribution is 2.26. The molecular weight excluding hydrogens is 250 g/mol. The number of esters is 1. The van der Waals surface area contributed by atoms with E-state index in [-0.39, 0.29) is 5.97 Å². The van der Waals surface area contributed by atoms with Gasteiger partial charge in [0.15, 0.2) is 0 Å². The van der Waals surface area contributed by atoms with E-state index in [0.717, 1.165) is 24.5 Å².